The number of phenols is 1. The third kappa shape index (κ3) is 8.17. The van der Waals surface area contributed by atoms with E-state index < -0.39 is 20.7 Å². The van der Waals surface area contributed by atoms with Crippen molar-refractivity contribution in [2.75, 3.05) is 40.5 Å². The van der Waals surface area contributed by atoms with Crippen molar-refractivity contribution < 1.29 is 27.8 Å². The molecule has 0 atom stereocenters. The Morgan fingerprint density at radius 1 is 0.950 bits per heavy atom. The van der Waals surface area contributed by atoms with Gasteiger partial charge in [-0.05, 0) is 58.9 Å². The van der Waals surface area contributed by atoms with Crippen LogP contribution in [0.4, 0.5) is 0 Å². The van der Waals surface area contributed by atoms with E-state index in [2.05, 4.69) is 0 Å². The van der Waals surface area contributed by atoms with Crippen LogP contribution in [-0.4, -0.2) is 64.9 Å². The highest BCUT2D eigenvalue weighted by Gasteiger charge is 2.28. The maximum Gasteiger partial charge on any atom is 0.254 e. The van der Waals surface area contributed by atoms with Crippen molar-refractivity contribution in [3.63, 3.8) is 0 Å². The standard InChI is InChI=1S/C31H42N2O6S/c1-30(2,3)26-20-22(21-27(28(26)34)31(4,5)6)19-25(13-14-32)40(36,37)24-11-9-23(10-12-24)29(35)33(15-17-38-7)16-18-39-8/h9-12,19-21,34H,13,15-18H2,1-8H3/b25-19+. The Balaban J connectivity index is 2.55. The van der Waals surface area contributed by atoms with Crippen LogP contribution in [0.2, 0.25) is 0 Å². The third-order valence-electron chi connectivity index (χ3n) is 6.50. The van der Waals surface area contributed by atoms with Crippen LogP contribution in [0.25, 0.3) is 6.08 Å². The molecule has 9 heteroatoms. The van der Waals surface area contributed by atoms with Gasteiger partial charge in [-0.2, -0.15) is 5.26 Å². The van der Waals surface area contributed by atoms with Gasteiger partial charge in [0.05, 0.1) is 35.5 Å². The minimum atomic E-state index is -4.05. The normalized spacial score (nSPS) is 12.7. The van der Waals surface area contributed by atoms with Gasteiger partial charge in [0.25, 0.3) is 5.91 Å². The summed E-state index contributed by atoms with van der Waals surface area (Å²) in [6, 6.07) is 11.2. The van der Waals surface area contributed by atoms with Gasteiger partial charge in [0.1, 0.15) is 5.75 Å². The molecule has 0 spiro atoms. The van der Waals surface area contributed by atoms with Crippen LogP contribution in [0.1, 0.15) is 75.0 Å². The maximum atomic E-state index is 13.7. The first-order valence-corrected chi connectivity index (χ1v) is 14.6. The summed E-state index contributed by atoms with van der Waals surface area (Å²) in [5.41, 5.74) is 1.50. The SMILES string of the molecule is COCCN(CCOC)C(=O)c1ccc(S(=O)(=O)/C(=C/c2cc(C(C)(C)C)c(O)c(C(C)(C)C)c2)CC#N)cc1. The van der Waals surface area contributed by atoms with Crippen molar-refractivity contribution in [2.45, 2.75) is 63.7 Å². The van der Waals surface area contributed by atoms with Crippen LogP contribution in [0.5, 0.6) is 5.75 Å². The maximum absolute atomic E-state index is 13.7. The highest BCUT2D eigenvalue weighted by Crippen LogP contribution is 2.40. The Morgan fingerprint density at radius 2 is 1.43 bits per heavy atom. The molecule has 1 amide bonds. The zero-order valence-electron chi connectivity index (χ0n) is 24.9. The Labute approximate surface area is 239 Å². The number of carbonyl (C=O) groups excluding carboxylic acids is 1. The van der Waals surface area contributed by atoms with Gasteiger partial charge in [0, 0.05) is 44.0 Å². The molecular formula is C31H42N2O6S. The van der Waals surface area contributed by atoms with Crippen molar-refractivity contribution in [1.29, 1.82) is 5.26 Å². The molecule has 0 aliphatic heterocycles. The van der Waals surface area contributed by atoms with E-state index in [1.807, 2.05) is 47.6 Å². The van der Waals surface area contributed by atoms with Gasteiger partial charge in [-0.3, -0.25) is 4.79 Å². The molecule has 0 saturated heterocycles. The molecule has 0 aliphatic rings. The second-order valence-corrected chi connectivity index (χ2v) is 13.7. The lowest BCUT2D eigenvalue weighted by atomic mass is 9.78. The molecule has 0 saturated carbocycles. The number of hydrogen-bond donors (Lipinski definition) is 1. The van der Waals surface area contributed by atoms with E-state index in [-0.39, 0.29) is 27.9 Å². The highest BCUT2D eigenvalue weighted by molar-refractivity contribution is 7.95. The number of nitriles is 1. The summed E-state index contributed by atoms with van der Waals surface area (Å²) in [5.74, 6) is -0.0773. The van der Waals surface area contributed by atoms with Crippen LogP contribution in [0.15, 0.2) is 46.2 Å². The summed E-state index contributed by atoms with van der Waals surface area (Å²) >= 11 is 0. The summed E-state index contributed by atoms with van der Waals surface area (Å²) < 4.78 is 37.5. The predicted octanol–water partition coefficient (Wildman–Crippen LogP) is 5.45. The lowest BCUT2D eigenvalue weighted by Gasteiger charge is -2.28. The van der Waals surface area contributed by atoms with E-state index in [0.29, 0.717) is 48.6 Å². The molecule has 0 aromatic heterocycles. The lowest BCUT2D eigenvalue weighted by Crippen LogP contribution is -2.36. The molecule has 2 rings (SSSR count). The molecule has 40 heavy (non-hydrogen) atoms. The van der Waals surface area contributed by atoms with Crippen LogP contribution in [0, 0.1) is 11.3 Å². The monoisotopic (exact) mass is 570 g/mol. The number of sulfone groups is 1. The van der Waals surface area contributed by atoms with Gasteiger partial charge in [-0.25, -0.2) is 8.42 Å². The van der Waals surface area contributed by atoms with Crippen LogP contribution < -0.4 is 0 Å². The number of amides is 1. The topological polar surface area (TPSA) is 117 Å². The van der Waals surface area contributed by atoms with E-state index in [4.69, 9.17) is 9.47 Å². The zero-order chi connectivity index (χ0) is 30.3. The van der Waals surface area contributed by atoms with Gasteiger partial charge in [-0.15, -0.1) is 0 Å². The predicted molar refractivity (Wildman–Crippen MR) is 157 cm³/mol. The zero-order valence-corrected chi connectivity index (χ0v) is 25.7. The van der Waals surface area contributed by atoms with Crippen molar-refractivity contribution in [3.8, 4) is 11.8 Å². The van der Waals surface area contributed by atoms with Gasteiger partial charge in [-0.1, -0.05) is 41.5 Å². The third-order valence-corrected chi connectivity index (χ3v) is 8.35. The van der Waals surface area contributed by atoms with E-state index >= 15 is 0 Å². The first-order valence-electron chi connectivity index (χ1n) is 13.2. The molecular weight excluding hydrogens is 528 g/mol. The average molecular weight is 571 g/mol. The minimum Gasteiger partial charge on any atom is -0.507 e. The Kier molecular flexibility index (Phi) is 11.1. The van der Waals surface area contributed by atoms with E-state index in [9.17, 15) is 23.6 Å². The van der Waals surface area contributed by atoms with E-state index in [1.54, 1.807) is 31.3 Å². The van der Waals surface area contributed by atoms with E-state index in [0.717, 1.165) is 0 Å². The molecule has 1 N–H and O–H groups in total. The van der Waals surface area contributed by atoms with Gasteiger partial charge >= 0.3 is 0 Å². The van der Waals surface area contributed by atoms with Crippen LogP contribution >= 0.6 is 0 Å². The molecule has 2 aromatic carbocycles. The van der Waals surface area contributed by atoms with Crippen molar-refractivity contribution >= 4 is 21.8 Å². The molecule has 0 bridgehead atoms. The molecule has 0 radical (unpaired) electrons. The Bertz CT molecular complexity index is 1320. The van der Waals surface area contributed by atoms with Crippen molar-refractivity contribution in [1.82, 2.24) is 4.90 Å². The second-order valence-electron chi connectivity index (χ2n) is 11.7. The summed E-state index contributed by atoms with van der Waals surface area (Å²) in [4.78, 5) is 14.5. The number of allylic oxidation sites excluding steroid dienone is 1. The molecule has 0 heterocycles. The first-order chi connectivity index (χ1) is 18.6. The lowest BCUT2D eigenvalue weighted by molar-refractivity contribution is 0.0627. The Morgan fingerprint density at radius 3 is 1.82 bits per heavy atom. The van der Waals surface area contributed by atoms with Crippen LogP contribution in [-0.2, 0) is 30.1 Å². The molecule has 8 nitrogen and oxygen atoms in total. The number of ether oxygens (including phenoxy) is 2. The summed E-state index contributed by atoms with van der Waals surface area (Å²) in [5, 5.41) is 20.5. The number of carbonyl (C=O) groups is 1. The average Bonchev–Trinajstić information content (AvgIpc) is 2.87. The first kappa shape index (κ1) is 33.0. The number of hydrogen-bond acceptors (Lipinski definition) is 7. The molecule has 0 aliphatic carbocycles. The number of methoxy groups -OCH3 is 2. The van der Waals surface area contributed by atoms with Gasteiger partial charge in [0.15, 0.2) is 0 Å². The fourth-order valence-electron chi connectivity index (χ4n) is 4.20. The summed E-state index contributed by atoms with van der Waals surface area (Å²) in [6.45, 7) is 13.3. The minimum absolute atomic E-state index is 0.0169. The number of phenolic OH excluding ortho intramolecular Hbond substituents is 1. The highest BCUT2D eigenvalue weighted by atomic mass is 32.2. The fourth-order valence-corrected chi connectivity index (χ4v) is 5.54. The molecule has 218 valence electrons. The van der Waals surface area contributed by atoms with Crippen molar-refractivity contribution in [2.24, 2.45) is 0 Å². The fraction of sp³-hybridized carbons (Fsp3) is 0.484. The molecule has 2 aromatic rings. The number of rotatable bonds is 11. The number of nitrogens with zero attached hydrogens (tertiary/aromatic N) is 2. The number of benzene rings is 2. The van der Waals surface area contributed by atoms with Crippen molar-refractivity contribution in [3.05, 3.63) is 63.6 Å². The van der Waals surface area contributed by atoms with E-state index in [1.165, 1.54) is 30.3 Å². The second kappa shape index (κ2) is 13.4. The summed E-state index contributed by atoms with van der Waals surface area (Å²) in [6.07, 6.45) is 1.17. The van der Waals surface area contributed by atoms with Gasteiger partial charge < -0.3 is 19.5 Å². The van der Waals surface area contributed by atoms with Crippen LogP contribution in [0.3, 0.4) is 0 Å². The number of aromatic hydroxyl groups is 1. The largest absolute Gasteiger partial charge is 0.507 e. The quantitative estimate of drug-likeness (QED) is 0.382. The van der Waals surface area contributed by atoms with Gasteiger partial charge in [0.2, 0.25) is 9.84 Å². The molecule has 0 unspecified atom stereocenters. The Hall–Kier alpha value is -3.19. The molecule has 0 fully saturated rings. The summed E-state index contributed by atoms with van der Waals surface area (Å²) in [7, 11) is -0.943. The smallest absolute Gasteiger partial charge is 0.254 e.